The third kappa shape index (κ3) is 4.67. The number of ketones is 1. The van der Waals surface area contributed by atoms with Crippen molar-refractivity contribution in [3.63, 3.8) is 0 Å². The first kappa shape index (κ1) is 29.9. The molecule has 6 atom stereocenters. The Kier molecular flexibility index (Phi) is 7.66. The lowest BCUT2D eigenvalue weighted by Gasteiger charge is -2.50. The van der Waals surface area contributed by atoms with Crippen LogP contribution < -0.4 is 10.6 Å². The number of hydrogen-bond acceptors (Lipinski definition) is 7. The van der Waals surface area contributed by atoms with E-state index in [9.17, 15) is 14.7 Å². The van der Waals surface area contributed by atoms with E-state index >= 15 is 4.39 Å². The van der Waals surface area contributed by atoms with Crippen LogP contribution in [0.2, 0.25) is 10.3 Å². The molecule has 11 heteroatoms. The van der Waals surface area contributed by atoms with Crippen molar-refractivity contribution in [2.75, 3.05) is 11.9 Å². The van der Waals surface area contributed by atoms with Crippen LogP contribution in [0.1, 0.15) is 82.8 Å². The number of rotatable bonds is 5. The molecule has 2 aromatic heterocycles. The number of hydrogen-bond donors (Lipinski definition) is 3. The molecule has 2 spiro atoms. The van der Waals surface area contributed by atoms with Crippen LogP contribution in [0.3, 0.4) is 0 Å². The lowest BCUT2D eigenvalue weighted by Crippen LogP contribution is -2.61. The van der Waals surface area contributed by atoms with E-state index < -0.39 is 34.8 Å². The molecule has 2 saturated heterocycles. The molecule has 6 rings (SSSR count). The van der Waals surface area contributed by atoms with Gasteiger partial charge in [-0.05, 0) is 74.5 Å². The summed E-state index contributed by atoms with van der Waals surface area (Å²) in [5, 5.41) is 16.6. The number of amides is 1. The fourth-order valence-electron chi connectivity index (χ4n) is 8.04. The van der Waals surface area contributed by atoms with Crippen LogP contribution in [0.5, 0.6) is 0 Å². The maximum absolute atomic E-state index is 16.0. The van der Waals surface area contributed by atoms with Gasteiger partial charge in [0.25, 0.3) is 0 Å². The molecule has 3 fully saturated rings. The third-order valence-electron chi connectivity index (χ3n) is 10.3. The van der Waals surface area contributed by atoms with E-state index in [2.05, 4.69) is 34.4 Å². The molecular formula is C31H37Cl2FN4O4. The van der Waals surface area contributed by atoms with E-state index in [1.165, 1.54) is 12.3 Å². The quantitative estimate of drug-likeness (QED) is 0.387. The molecule has 1 aliphatic carbocycles. The molecule has 1 amide bonds. The number of fused-ring (bicyclic) bond motifs is 3. The first-order valence-corrected chi connectivity index (χ1v) is 15.5. The number of aromatic nitrogens is 2. The van der Waals surface area contributed by atoms with Crippen molar-refractivity contribution in [1.82, 2.24) is 15.3 Å². The number of carbonyl (C=O) groups is 2. The first-order valence-electron chi connectivity index (χ1n) is 14.8. The number of halogens is 3. The Morgan fingerprint density at radius 3 is 2.62 bits per heavy atom. The van der Waals surface area contributed by atoms with Gasteiger partial charge in [-0.3, -0.25) is 14.9 Å². The molecule has 0 unspecified atom stereocenters. The van der Waals surface area contributed by atoms with Crippen LogP contribution in [-0.2, 0) is 19.7 Å². The van der Waals surface area contributed by atoms with Crippen LogP contribution in [0.15, 0.2) is 24.5 Å². The van der Waals surface area contributed by atoms with Crippen LogP contribution in [-0.4, -0.2) is 57.2 Å². The minimum atomic E-state index is -1.34. The molecule has 0 radical (unpaired) electrons. The molecule has 0 aromatic carbocycles. The second-order valence-corrected chi connectivity index (χ2v) is 14.1. The van der Waals surface area contributed by atoms with Gasteiger partial charge in [0.15, 0.2) is 16.8 Å². The summed E-state index contributed by atoms with van der Waals surface area (Å²) in [6.07, 6.45) is 6.61. The lowest BCUT2D eigenvalue weighted by atomic mass is 9.53. The van der Waals surface area contributed by atoms with Gasteiger partial charge in [0.2, 0.25) is 5.91 Å². The lowest BCUT2D eigenvalue weighted by molar-refractivity contribution is -0.125. The zero-order chi connectivity index (χ0) is 30.0. The zero-order valence-corrected chi connectivity index (χ0v) is 25.6. The molecular weight excluding hydrogens is 582 g/mol. The summed E-state index contributed by atoms with van der Waals surface area (Å²) >= 11 is 12.5. The second-order valence-electron chi connectivity index (χ2n) is 13.4. The highest BCUT2D eigenvalue weighted by molar-refractivity contribution is 6.30. The van der Waals surface area contributed by atoms with Gasteiger partial charge >= 0.3 is 0 Å². The van der Waals surface area contributed by atoms with E-state index in [0.717, 1.165) is 19.3 Å². The molecule has 3 N–H and O–H groups in total. The predicted molar refractivity (Wildman–Crippen MR) is 157 cm³/mol. The number of aliphatic hydroxyl groups excluding tert-OH is 1. The molecule has 8 nitrogen and oxygen atoms in total. The number of pyridine rings is 2. The number of nitrogens with zero attached hydrogens (tertiary/aromatic N) is 2. The van der Waals surface area contributed by atoms with Crippen LogP contribution in [0.4, 0.5) is 10.1 Å². The number of nitrogens with one attached hydrogen (secondary N) is 2. The molecule has 2 aromatic rings. The standard InChI is InChI=1S/C31H37Cl2FN4O4/c1-16(39)22-5-4-17(15-42-22)12-21(40)26-24(18-6-11-35-27(33)25(18)34)31(30(38-26)9-7-29(2,3)8-10-30)19-14-36-23(32)13-20(19)37-28(31)41/h6,11,13-14,16-17,22,24,26,38-39H,4-5,7-10,12,15H2,1-3H3,(H,37,41)/t16-,17+,22+,24+,26+,31-/m1/s1. The summed E-state index contributed by atoms with van der Waals surface area (Å²) in [5.41, 5.74) is -0.835. The van der Waals surface area contributed by atoms with Crippen molar-refractivity contribution in [1.29, 1.82) is 0 Å². The number of aliphatic hydroxyl groups is 1. The number of ether oxygens (including phenoxy) is 1. The van der Waals surface area contributed by atoms with Crippen LogP contribution in [0.25, 0.3) is 0 Å². The Balaban J connectivity index is 1.49. The van der Waals surface area contributed by atoms with E-state index in [-0.39, 0.29) is 51.4 Å². The summed E-state index contributed by atoms with van der Waals surface area (Å²) in [6.45, 7) is 6.47. The molecule has 4 aliphatic rings. The fourth-order valence-corrected chi connectivity index (χ4v) is 8.36. The van der Waals surface area contributed by atoms with Crippen LogP contribution in [0, 0.1) is 17.2 Å². The van der Waals surface area contributed by atoms with Crippen molar-refractivity contribution in [3.05, 3.63) is 51.8 Å². The monoisotopic (exact) mass is 618 g/mol. The molecule has 0 bridgehead atoms. The molecule has 5 heterocycles. The van der Waals surface area contributed by atoms with Gasteiger partial charge in [0.1, 0.15) is 10.6 Å². The van der Waals surface area contributed by atoms with Crippen molar-refractivity contribution in [2.24, 2.45) is 11.3 Å². The molecule has 42 heavy (non-hydrogen) atoms. The number of carbonyl (C=O) groups excluding carboxylic acids is 2. The highest BCUT2D eigenvalue weighted by Gasteiger charge is 2.73. The second kappa shape index (κ2) is 10.8. The van der Waals surface area contributed by atoms with Gasteiger partial charge in [-0.15, -0.1) is 0 Å². The van der Waals surface area contributed by atoms with Gasteiger partial charge < -0.3 is 15.2 Å². The summed E-state index contributed by atoms with van der Waals surface area (Å²) < 4.78 is 21.9. The molecule has 3 aliphatic heterocycles. The summed E-state index contributed by atoms with van der Waals surface area (Å²) in [6, 6.07) is 2.28. The fraction of sp³-hybridized carbons (Fsp3) is 0.613. The van der Waals surface area contributed by atoms with Gasteiger partial charge in [0.05, 0.1) is 24.9 Å². The van der Waals surface area contributed by atoms with Gasteiger partial charge in [0, 0.05) is 41.5 Å². The van der Waals surface area contributed by atoms with Gasteiger partial charge in [-0.1, -0.05) is 37.0 Å². The van der Waals surface area contributed by atoms with E-state index in [1.807, 2.05) is 0 Å². The maximum Gasteiger partial charge on any atom is 0.237 e. The van der Waals surface area contributed by atoms with E-state index in [0.29, 0.717) is 37.1 Å². The summed E-state index contributed by atoms with van der Waals surface area (Å²) in [4.78, 5) is 37.1. The molecule has 1 saturated carbocycles. The van der Waals surface area contributed by atoms with Crippen molar-refractivity contribution in [2.45, 2.75) is 101 Å². The minimum Gasteiger partial charge on any atom is -0.391 e. The van der Waals surface area contributed by atoms with E-state index in [1.54, 1.807) is 19.2 Å². The van der Waals surface area contributed by atoms with Crippen LogP contribution >= 0.6 is 23.2 Å². The topological polar surface area (TPSA) is 113 Å². The Bertz CT molecular complexity index is 1400. The average Bonchev–Trinajstić information content (AvgIpc) is 3.40. The van der Waals surface area contributed by atoms with E-state index in [4.69, 9.17) is 27.9 Å². The highest BCUT2D eigenvalue weighted by atomic mass is 35.5. The summed E-state index contributed by atoms with van der Waals surface area (Å²) in [7, 11) is 0. The Labute approximate surface area is 255 Å². The van der Waals surface area contributed by atoms with Gasteiger partial charge in [-0.25, -0.2) is 14.4 Å². The largest absolute Gasteiger partial charge is 0.391 e. The Hall–Kier alpha value is -2.17. The normalized spacial score (nSPS) is 32.1. The predicted octanol–water partition coefficient (Wildman–Crippen LogP) is 5.34. The average molecular weight is 620 g/mol. The molecule has 226 valence electrons. The highest BCUT2D eigenvalue weighted by Crippen LogP contribution is 2.64. The van der Waals surface area contributed by atoms with Gasteiger partial charge in [-0.2, -0.15) is 0 Å². The third-order valence-corrected chi connectivity index (χ3v) is 10.8. The SMILES string of the molecule is C[C@@H](O)[C@@H]1CC[C@@H](CC(=O)[C@@H]2NC3(CCC(C)(C)CC3)[C@@]3(C(=O)Nc4cc(Cl)ncc43)[C@H]2c2ccnc(Cl)c2F)CO1. The minimum absolute atomic E-state index is 0.0485. The van der Waals surface area contributed by atoms with Crippen molar-refractivity contribution >= 4 is 40.6 Å². The number of Topliss-reactive ketones (excluding diaryl/α,β-unsaturated/α-hetero) is 1. The van der Waals surface area contributed by atoms with Crippen molar-refractivity contribution < 1.29 is 23.8 Å². The smallest absolute Gasteiger partial charge is 0.237 e. The first-order chi connectivity index (χ1) is 19.9. The van der Waals surface area contributed by atoms with Crippen molar-refractivity contribution in [3.8, 4) is 0 Å². The zero-order valence-electron chi connectivity index (χ0n) is 24.1. The number of anilines is 1. The Morgan fingerprint density at radius 1 is 1.21 bits per heavy atom. The summed E-state index contributed by atoms with van der Waals surface area (Å²) in [5.74, 6) is -2.11. The Morgan fingerprint density at radius 2 is 1.95 bits per heavy atom. The maximum atomic E-state index is 16.0.